The molecule has 11 atom stereocenters. The summed E-state index contributed by atoms with van der Waals surface area (Å²) in [5.74, 6) is 9.14. The fraction of sp³-hybridized carbons (Fsp3) is 0.532. The van der Waals surface area contributed by atoms with Crippen LogP contribution in [0.25, 0.3) is 28.1 Å². The van der Waals surface area contributed by atoms with Crippen LogP contribution >= 0.6 is 0 Å². The quantitative estimate of drug-likeness (QED) is 0.0132. The van der Waals surface area contributed by atoms with E-state index >= 15 is 0 Å². The van der Waals surface area contributed by atoms with Gasteiger partial charge in [0.05, 0.1) is 25.5 Å². The highest BCUT2D eigenvalue weighted by Gasteiger charge is 2.56. The summed E-state index contributed by atoms with van der Waals surface area (Å²) in [4.78, 5) is 16.1. The van der Waals surface area contributed by atoms with Gasteiger partial charge < -0.3 is 64.9 Å². The molecule has 14 rings (SSSR count). The van der Waals surface area contributed by atoms with Gasteiger partial charge in [0.2, 0.25) is 0 Å². The van der Waals surface area contributed by atoms with Crippen molar-refractivity contribution in [1.82, 2.24) is 26.3 Å². The van der Waals surface area contributed by atoms with Crippen molar-refractivity contribution in [3.63, 3.8) is 0 Å². The normalized spacial score (nSPS) is 27.6. The molecule has 3 saturated carbocycles. The van der Waals surface area contributed by atoms with E-state index in [9.17, 15) is 30.3 Å². The number of aliphatic hydroxyl groups excluding tert-OH is 2. The number of benzene rings is 5. The van der Waals surface area contributed by atoms with Crippen LogP contribution in [0.3, 0.4) is 0 Å². The van der Waals surface area contributed by atoms with Crippen molar-refractivity contribution in [1.29, 1.82) is 0 Å². The molecule has 0 amide bonds. The topological polar surface area (TPSA) is 219 Å². The van der Waals surface area contributed by atoms with E-state index in [1.54, 1.807) is 6.07 Å². The number of carbonyl (C=O) groups excluding carboxylic acids is 1. The molecule has 5 aliphatic carbocycles. The lowest BCUT2D eigenvalue weighted by molar-refractivity contribution is -0.145. The molecule has 1 aromatic heterocycles. The maximum Gasteiger partial charge on any atom is 0.161 e. The van der Waals surface area contributed by atoms with Gasteiger partial charge in [0.25, 0.3) is 0 Å². The number of aromatic hydroxyl groups is 2. The molecule has 94 heavy (non-hydrogen) atoms. The van der Waals surface area contributed by atoms with Crippen LogP contribution in [0.2, 0.25) is 0 Å². The first-order valence-electron chi connectivity index (χ1n) is 35.5. The van der Waals surface area contributed by atoms with Crippen LogP contribution in [-0.2, 0) is 35.2 Å². The molecule has 3 fully saturated rings. The predicted octanol–water partition coefficient (Wildman–Crippen LogP) is 11.9. The molecule has 1 spiro atoms. The number of phenolic OH excluding ortho intramolecular Hbond substituents is 2. The van der Waals surface area contributed by atoms with E-state index in [1.807, 2.05) is 24.4 Å². The summed E-state index contributed by atoms with van der Waals surface area (Å²) in [5.41, 5.74) is 9.81. The number of fused-ring (bicyclic) bond motifs is 12. The summed E-state index contributed by atoms with van der Waals surface area (Å²) in [6.45, 7) is 6.08. The van der Waals surface area contributed by atoms with E-state index in [0.717, 1.165) is 140 Å². The molecular weight excluding hydrogens is 1180 g/mol. The molecule has 2 bridgehead atoms. The van der Waals surface area contributed by atoms with Gasteiger partial charge in [-0.2, -0.15) is 0 Å². The van der Waals surface area contributed by atoms with Crippen molar-refractivity contribution in [2.24, 2.45) is 23.2 Å². The van der Waals surface area contributed by atoms with Gasteiger partial charge in [0.1, 0.15) is 47.4 Å². The van der Waals surface area contributed by atoms with Gasteiger partial charge in [-0.3, -0.25) is 10.6 Å². The first-order chi connectivity index (χ1) is 45.9. The SMILES string of the molecule is CC(C)CC(O)(CNCNC1C#CCC(CO)Oc2cc(ccc2O)C2Oc3c(c4c(c5c3CCC(CO)O5)-c3ccc(O)c5c3C(C4)C(c3ccc4[nH]ccc4c3)C(CNCCCc3ccccc3)=C5)CC12OCNC1CCCC2(CCCC2C=O)C1)C1CCCCC1. The first-order valence-corrected chi connectivity index (χ1v) is 35.5. The van der Waals surface area contributed by atoms with Crippen LogP contribution in [0.15, 0.2) is 96.7 Å². The number of aromatic amines is 1. The van der Waals surface area contributed by atoms with Crippen LogP contribution in [0.5, 0.6) is 28.7 Å². The van der Waals surface area contributed by atoms with E-state index in [4.69, 9.17) is 18.9 Å². The third kappa shape index (κ3) is 12.6. The summed E-state index contributed by atoms with van der Waals surface area (Å²) in [6.07, 6.45) is 20.3. The zero-order valence-electron chi connectivity index (χ0n) is 55.0. The second-order valence-electron chi connectivity index (χ2n) is 29.4. The number of carbonyl (C=O) groups is 1. The molecule has 15 nitrogen and oxygen atoms in total. The summed E-state index contributed by atoms with van der Waals surface area (Å²) >= 11 is 0. The second-order valence-corrected chi connectivity index (χ2v) is 29.4. The van der Waals surface area contributed by atoms with Gasteiger partial charge in [-0.15, -0.1) is 0 Å². The van der Waals surface area contributed by atoms with Gasteiger partial charge in [0.15, 0.2) is 17.6 Å². The molecule has 10 N–H and O–H groups in total. The Morgan fingerprint density at radius 2 is 1.64 bits per heavy atom. The highest BCUT2D eigenvalue weighted by molar-refractivity contribution is 5.90. The summed E-state index contributed by atoms with van der Waals surface area (Å²) in [6, 6.07) is 28.1. The lowest BCUT2D eigenvalue weighted by Gasteiger charge is -2.50. The zero-order valence-corrected chi connectivity index (χ0v) is 55.0. The highest BCUT2D eigenvalue weighted by atomic mass is 16.6. The second kappa shape index (κ2) is 27.8. The number of rotatable bonds is 22. The number of hydrogen-bond acceptors (Lipinski definition) is 14. The van der Waals surface area contributed by atoms with Crippen molar-refractivity contribution in [3.8, 4) is 51.7 Å². The van der Waals surface area contributed by atoms with Crippen LogP contribution in [0.1, 0.15) is 179 Å². The third-order valence-electron chi connectivity index (χ3n) is 23.0. The number of aryl methyl sites for hydroxylation is 1. The maximum absolute atomic E-state index is 12.7. The molecule has 5 aromatic carbocycles. The van der Waals surface area contributed by atoms with E-state index < -0.39 is 35.6 Å². The summed E-state index contributed by atoms with van der Waals surface area (Å²) < 4.78 is 29.5. The number of aromatic nitrogens is 1. The molecule has 4 heterocycles. The Morgan fingerprint density at radius 1 is 0.819 bits per heavy atom. The maximum atomic E-state index is 12.7. The van der Waals surface area contributed by atoms with Crippen LogP contribution in [-0.4, -0.2) is 119 Å². The molecule has 15 heteroatoms. The molecule has 0 saturated heterocycles. The smallest absolute Gasteiger partial charge is 0.161 e. The Morgan fingerprint density at radius 3 is 2.46 bits per heavy atom. The van der Waals surface area contributed by atoms with Gasteiger partial charge in [-0.05, 0) is 200 Å². The Balaban J connectivity index is 0.921. The number of hydrogen-bond donors (Lipinski definition) is 10. The largest absolute Gasteiger partial charge is 0.507 e. The summed E-state index contributed by atoms with van der Waals surface area (Å²) in [5, 5.41) is 75.0. The van der Waals surface area contributed by atoms with E-state index in [1.165, 1.54) is 29.4 Å². The average Bonchev–Trinajstić information content (AvgIpc) is 0.738. The predicted molar refractivity (Wildman–Crippen MR) is 366 cm³/mol. The first kappa shape index (κ1) is 64.6. The lowest BCUT2D eigenvalue weighted by Crippen LogP contribution is -2.62. The minimum Gasteiger partial charge on any atom is -0.507 e. The van der Waals surface area contributed by atoms with Gasteiger partial charge >= 0.3 is 0 Å². The number of nitrogens with one attached hydrogen (secondary N) is 5. The monoisotopic (exact) mass is 1280 g/mol. The van der Waals surface area contributed by atoms with Gasteiger partial charge in [-0.25, -0.2) is 0 Å². The number of H-pyrrole nitrogens is 1. The molecule has 0 radical (unpaired) electrons. The standard InChI is InChI=1S/C79H97N5O10/c1-49(2)39-78(90,55-16-7-4-8-17-55)46-81-47-83-70-21-9-20-58(44-86)92-69-37-53(23-28-68(69)89)76-79(70,91-48-84-57-19-11-32-77(40-57)31-10-18-56(77)43-85)41-65-62-38-64-71(52-22-27-66-51(35-52)30-34-82-66)54(42-80-33-12-15-50-13-5-3-6-14-50)36-63-67(88)29-26-60(72(63)64)73(62)75-61(74(65)94-76)25-24-59(45-87)93-75/h3,5-6,13-14,22-23,26-30,34-37,43,49,55-59,64,70-71,76,80-84,86-90H,4,7-8,10-12,15-20,24-25,31-33,38-42,44-48H2,1-2H3. The zero-order chi connectivity index (χ0) is 64.6. The van der Waals surface area contributed by atoms with Crippen LogP contribution in [0, 0.1) is 35.0 Å². The Bertz CT molecular complexity index is 3790. The molecule has 498 valence electrons. The Kier molecular flexibility index (Phi) is 19.1. The average molecular weight is 1280 g/mol. The number of aliphatic hydroxyl groups is 3. The molecule has 6 aromatic rings. The Labute approximate surface area is 554 Å². The van der Waals surface area contributed by atoms with Crippen molar-refractivity contribution in [2.45, 2.75) is 196 Å². The van der Waals surface area contributed by atoms with Crippen molar-refractivity contribution in [2.75, 3.05) is 46.2 Å². The van der Waals surface area contributed by atoms with Crippen molar-refractivity contribution < 1.29 is 49.3 Å². The molecule has 8 aliphatic rings. The number of phenols is 2. The highest BCUT2D eigenvalue weighted by Crippen LogP contribution is 2.62. The fourth-order valence-electron chi connectivity index (χ4n) is 18.5. The summed E-state index contributed by atoms with van der Waals surface area (Å²) in [7, 11) is 0. The van der Waals surface area contributed by atoms with E-state index in [-0.39, 0.29) is 91.3 Å². The molecular formula is C79H97N5O10. The van der Waals surface area contributed by atoms with Crippen molar-refractivity contribution >= 4 is 23.3 Å². The molecule has 11 unspecified atom stereocenters. The van der Waals surface area contributed by atoms with Gasteiger partial charge in [0, 0.05) is 84.4 Å². The van der Waals surface area contributed by atoms with E-state index in [2.05, 4.69) is 119 Å². The van der Waals surface area contributed by atoms with E-state index in [0.29, 0.717) is 62.3 Å². The number of aldehydes is 1. The number of ether oxygens (including phenoxy) is 4. The molecule has 3 aliphatic heterocycles. The van der Waals surface area contributed by atoms with Crippen molar-refractivity contribution in [3.05, 3.63) is 141 Å². The minimum absolute atomic E-state index is 0.0396. The van der Waals surface area contributed by atoms with Crippen LogP contribution in [0.4, 0.5) is 0 Å². The lowest BCUT2D eigenvalue weighted by atomic mass is 9.62. The minimum atomic E-state index is -1.35. The fourth-order valence-corrected chi connectivity index (χ4v) is 18.5. The van der Waals surface area contributed by atoms with Crippen LogP contribution < -0.4 is 35.5 Å². The van der Waals surface area contributed by atoms with Gasteiger partial charge in [-0.1, -0.05) is 106 Å². The third-order valence-corrected chi connectivity index (χ3v) is 23.0. The Hall–Kier alpha value is -6.71.